The molecule has 1 saturated heterocycles. The van der Waals surface area contributed by atoms with Crippen molar-refractivity contribution in [3.63, 3.8) is 0 Å². The fraction of sp³-hybridized carbons (Fsp3) is 0.200. The van der Waals surface area contributed by atoms with Crippen molar-refractivity contribution in [2.45, 2.75) is 38.9 Å². The van der Waals surface area contributed by atoms with E-state index in [9.17, 15) is 0 Å². The van der Waals surface area contributed by atoms with Crippen molar-refractivity contribution in [1.82, 2.24) is 0 Å². The molecule has 5 aromatic carbocycles. The van der Waals surface area contributed by atoms with Crippen LogP contribution in [0.3, 0.4) is 0 Å². The average molecular weight is 460 g/mol. The summed E-state index contributed by atoms with van der Waals surface area (Å²) in [5.41, 5.74) is 0.365. The summed E-state index contributed by atoms with van der Waals surface area (Å²) in [6, 6.07) is 28.9. The highest BCUT2D eigenvalue weighted by Gasteiger charge is 2.51. The first-order valence-corrected chi connectivity index (χ1v) is 12.7. The van der Waals surface area contributed by atoms with Crippen LogP contribution in [0, 0.1) is 0 Å². The topological polar surface area (TPSA) is 18.5 Å². The number of hydrogen-bond acceptors (Lipinski definition) is 3. The number of benzene rings is 5. The smallest absolute Gasteiger partial charge is 0.399 e. The van der Waals surface area contributed by atoms with E-state index in [2.05, 4.69) is 107 Å². The Morgan fingerprint density at radius 2 is 1.09 bits per heavy atom. The molecule has 2 nitrogen and oxygen atoms in total. The van der Waals surface area contributed by atoms with Crippen LogP contribution in [-0.2, 0) is 9.31 Å². The number of thiophene rings is 1. The molecule has 0 radical (unpaired) electrons. The zero-order valence-electron chi connectivity index (χ0n) is 19.8. The van der Waals surface area contributed by atoms with Crippen LogP contribution < -0.4 is 5.46 Å². The lowest BCUT2D eigenvalue weighted by molar-refractivity contribution is 0.00578. The highest BCUT2D eigenvalue weighted by Crippen LogP contribution is 2.44. The van der Waals surface area contributed by atoms with Crippen LogP contribution in [0.2, 0.25) is 0 Å². The highest BCUT2D eigenvalue weighted by atomic mass is 32.1. The molecule has 4 heteroatoms. The molecule has 166 valence electrons. The lowest BCUT2D eigenvalue weighted by atomic mass is 9.78. The van der Waals surface area contributed by atoms with Gasteiger partial charge in [-0.2, -0.15) is 0 Å². The Balaban J connectivity index is 1.58. The van der Waals surface area contributed by atoms with Gasteiger partial charge < -0.3 is 9.31 Å². The van der Waals surface area contributed by atoms with Crippen molar-refractivity contribution < 1.29 is 9.31 Å². The molecule has 1 aliphatic heterocycles. The van der Waals surface area contributed by atoms with Gasteiger partial charge in [0, 0.05) is 20.2 Å². The van der Waals surface area contributed by atoms with Gasteiger partial charge in [-0.1, -0.05) is 66.7 Å². The van der Waals surface area contributed by atoms with E-state index in [4.69, 9.17) is 9.31 Å². The maximum atomic E-state index is 6.38. The molecule has 34 heavy (non-hydrogen) atoms. The molecule has 0 bridgehead atoms. The van der Waals surface area contributed by atoms with E-state index in [1.165, 1.54) is 52.5 Å². The Hall–Kier alpha value is -2.92. The largest absolute Gasteiger partial charge is 0.494 e. The third-order valence-electron chi connectivity index (χ3n) is 7.89. The van der Waals surface area contributed by atoms with Crippen LogP contribution in [0.15, 0.2) is 78.9 Å². The van der Waals surface area contributed by atoms with Crippen LogP contribution >= 0.6 is 11.3 Å². The van der Waals surface area contributed by atoms with Gasteiger partial charge in [0.1, 0.15) is 0 Å². The maximum Gasteiger partial charge on any atom is 0.494 e. The monoisotopic (exact) mass is 460 g/mol. The molecule has 2 heterocycles. The van der Waals surface area contributed by atoms with Gasteiger partial charge in [-0.05, 0) is 77.6 Å². The van der Waals surface area contributed by atoms with Crippen molar-refractivity contribution in [1.29, 1.82) is 0 Å². The standard InChI is InChI=1S/C30H25BO2S/c1-29(2)30(3,4)33-31(32-29)18-13-15-25-24(17-18)28-26(34-25)16-14-23-21-11-6-5-9-19(21)20-10-7-8-12-22(20)27(23)28/h5-17H,1-4H3. The minimum atomic E-state index is -0.364. The molecule has 0 aliphatic carbocycles. The van der Waals surface area contributed by atoms with E-state index in [1.54, 1.807) is 0 Å². The minimum absolute atomic E-state index is 0.356. The molecule has 0 N–H and O–H groups in total. The van der Waals surface area contributed by atoms with Crippen molar-refractivity contribution in [3.8, 4) is 0 Å². The van der Waals surface area contributed by atoms with Gasteiger partial charge in [-0.25, -0.2) is 0 Å². The van der Waals surface area contributed by atoms with Gasteiger partial charge in [0.2, 0.25) is 0 Å². The lowest BCUT2D eigenvalue weighted by Crippen LogP contribution is -2.41. The predicted molar refractivity (Wildman–Crippen MR) is 148 cm³/mol. The summed E-state index contributed by atoms with van der Waals surface area (Å²) in [6.45, 7) is 8.43. The highest BCUT2D eigenvalue weighted by molar-refractivity contribution is 7.26. The molecular formula is C30H25BO2S. The van der Waals surface area contributed by atoms with E-state index in [0.29, 0.717) is 0 Å². The van der Waals surface area contributed by atoms with Gasteiger partial charge in [0.05, 0.1) is 11.2 Å². The summed E-state index contributed by atoms with van der Waals surface area (Å²) < 4.78 is 15.4. The van der Waals surface area contributed by atoms with Crippen LogP contribution in [-0.4, -0.2) is 18.3 Å². The van der Waals surface area contributed by atoms with E-state index in [-0.39, 0.29) is 18.3 Å². The zero-order valence-corrected chi connectivity index (χ0v) is 20.6. The van der Waals surface area contributed by atoms with Gasteiger partial charge in [0.25, 0.3) is 0 Å². The maximum absolute atomic E-state index is 6.38. The molecule has 6 aromatic rings. The normalized spacial score (nSPS) is 17.6. The SMILES string of the molecule is CC1(C)OB(c2ccc3sc4ccc5c6ccccc6c6ccccc6c5c4c3c2)OC1(C)C. The zero-order chi connectivity index (χ0) is 23.2. The summed E-state index contributed by atoms with van der Waals surface area (Å²) in [4.78, 5) is 0. The summed E-state index contributed by atoms with van der Waals surface area (Å²) in [5.74, 6) is 0. The summed E-state index contributed by atoms with van der Waals surface area (Å²) >= 11 is 1.86. The molecule has 7 rings (SSSR count). The van der Waals surface area contributed by atoms with Crippen molar-refractivity contribution in [2.75, 3.05) is 0 Å². The Morgan fingerprint density at radius 3 is 1.74 bits per heavy atom. The quantitative estimate of drug-likeness (QED) is 0.184. The predicted octanol–water partition coefficient (Wildman–Crippen LogP) is 7.81. The Morgan fingerprint density at radius 1 is 0.559 bits per heavy atom. The van der Waals surface area contributed by atoms with Crippen LogP contribution in [0.5, 0.6) is 0 Å². The molecule has 0 amide bonds. The Labute approximate surface area is 203 Å². The van der Waals surface area contributed by atoms with E-state index in [0.717, 1.165) is 5.46 Å². The number of fused-ring (bicyclic) bond motifs is 10. The second-order valence-electron chi connectivity index (χ2n) is 10.4. The Bertz CT molecular complexity index is 1730. The van der Waals surface area contributed by atoms with Gasteiger partial charge in [-0.3, -0.25) is 0 Å². The van der Waals surface area contributed by atoms with Crippen molar-refractivity contribution in [3.05, 3.63) is 78.9 Å². The minimum Gasteiger partial charge on any atom is -0.399 e. The van der Waals surface area contributed by atoms with E-state index >= 15 is 0 Å². The summed E-state index contributed by atoms with van der Waals surface area (Å²) in [6.07, 6.45) is 0. The molecule has 0 saturated carbocycles. The summed E-state index contributed by atoms with van der Waals surface area (Å²) in [7, 11) is -0.364. The Kier molecular flexibility index (Phi) is 4.10. The molecule has 0 unspecified atom stereocenters. The third kappa shape index (κ3) is 2.71. The van der Waals surface area contributed by atoms with Crippen LogP contribution in [0.25, 0.3) is 52.5 Å². The van der Waals surface area contributed by atoms with Crippen LogP contribution in [0.1, 0.15) is 27.7 Å². The second kappa shape index (κ2) is 6.82. The van der Waals surface area contributed by atoms with Crippen molar-refractivity contribution in [2.24, 2.45) is 0 Å². The molecule has 1 aliphatic rings. The average Bonchev–Trinajstić information content (AvgIpc) is 3.31. The molecule has 0 spiro atoms. The molecular weight excluding hydrogens is 435 g/mol. The number of rotatable bonds is 1. The molecule has 1 fully saturated rings. The van der Waals surface area contributed by atoms with E-state index < -0.39 is 0 Å². The first-order chi connectivity index (χ1) is 16.3. The lowest BCUT2D eigenvalue weighted by Gasteiger charge is -2.32. The summed E-state index contributed by atoms with van der Waals surface area (Å²) in [5, 5.41) is 10.5. The fourth-order valence-corrected chi connectivity index (χ4v) is 6.50. The van der Waals surface area contributed by atoms with Gasteiger partial charge in [-0.15, -0.1) is 11.3 Å². The molecule has 0 atom stereocenters. The van der Waals surface area contributed by atoms with E-state index in [1.807, 2.05) is 11.3 Å². The van der Waals surface area contributed by atoms with Crippen LogP contribution in [0.4, 0.5) is 0 Å². The molecule has 1 aromatic heterocycles. The van der Waals surface area contributed by atoms with Crippen molar-refractivity contribution >= 4 is 76.4 Å². The van der Waals surface area contributed by atoms with Gasteiger partial charge in [0.15, 0.2) is 0 Å². The number of hydrogen-bond donors (Lipinski definition) is 0. The first kappa shape index (κ1) is 20.5. The fourth-order valence-electron chi connectivity index (χ4n) is 5.41. The first-order valence-electron chi connectivity index (χ1n) is 11.9. The van der Waals surface area contributed by atoms with Gasteiger partial charge >= 0.3 is 7.12 Å². The second-order valence-corrected chi connectivity index (χ2v) is 11.5. The third-order valence-corrected chi connectivity index (χ3v) is 9.03.